The molecule has 0 saturated carbocycles. The molecular weight excluding hydrogens is 478 g/mol. The first-order valence-electron chi connectivity index (χ1n) is 11.7. The second-order valence-electron chi connectivity index (χ2n) is 8.92. The maximum atomic E-state index is 13.8. The molecule has 0 bridgehead atoms. The van der Waals surface area contributed by atoms with Gasteiger partial charge in [-0.15, -0.1) is 0 Å². The summed E-state index contributed by atoms with van der Waals surface area (Å²) >= 11 is 0. The largest absolute Gasteiger partial charge is 0.493 e. The molecule has 1 aliphatic rings. The number of aryl methyl sites for hydroxylation is 2. The predicted octanol–water partition coefficient (Wildman–Crippen LogP) is 6.19. The number of methoxy groups -OCH3 is 1. The quantitative estimate of drug-likeness (QED) is 0.327. The molecule has 3 aromatic carbocycles. The van der Waals surface area contributed by atoms with E-state index in [-0.39, 0.29) is 17.4 Å². The van der Waals surface area contributed by atoms with Gasteiger partial charge in [0.15, 0.2) is 11.5 Å². The normalized spacial score (nSPS) is 14.9. The fraction of sp³-hybridized carbons (Fsp3) is 0.214. The molecule has 0 spiro atoms. The van der Waals surface area contributed by atoms with Crippen molar-refractivity contribution in [1.29, 1.82) is 0 Å². The van der Waals surface area contributed by atoms with E-state index in [9.17, 15) is 13.6 Å². The van der Waals surface area contributed by atoms with Gasteiger partial charge in [-0.1, -0.05) is 35.9 Å². The number of benzene rings is 3. The van der Waals surface area contributed by atoms with Gasteiger partial charge in [0.25, 0.3) is 5.91 Å². The third-order valence-electron chi connectivity index (χ3n) is 6.42. The van der Waals surface area contributed by atoms with Crippen LogP contribution in [0.15, 0.2) is 71.9 Å². The number of para-hydroxylation sites is 2. The number of halogens is 2. The number of anilines is 2. The SMILES string of the molecule is COc1cc(C2C(C(=O)Nc3ccc(C)cc3C)=C(C)Nc3nc4ccccc4n32)ccc1OC(F)F. The summed E-state index contributed by atoms with van der Waals surface area (Å²) in [5, 5.41) is 6.32. The molecule has 190 valence electrons. The van der Waals surface area contributed by atoms with Gasteiger partial charge in [-0.25, -0.2) is 4.98 Å². The molecule has 1 amide bonds. The van der Waals surface area contributed by atoms with Crippen molar-refractivity contribution < 1.29 is 23.0 Å². The zero-order valence-electron chi connectivity index (χ0n) is 20.8. The van der Waals surface area contributed by atoms with Crippen molar-refractivity contribution in [1.82, 2.24) is 9.55 Å². The van der Waals surface area contributed by atoms with Crippen LogP contribution >= 0.6 is 0 Å². The molecule has 5 rings (SSSR count). The Kier molecular flexibility index (Phi) is 6.29. The zero-order valence-corrected chi connectivity index (χ0v) is 20.8. The summed E-state index contributed by atoms with van der Waals surface area (Å²) in [5.41, 5.74) is 6.03. The number of carbonyl (C=O) groups excluding carboxylic acids is 1. The van der Waals surface area contributed by atoms with Gasteiger partial charge >= 0.3 is 6.61 Å². The molecule has 2 N–H and O–H groups in total. The first-order chi connectivity index (χ1) is 17.8. The Morgan fingerprint density at radius 2 is 1.84 bits per heavy atom. The number of allylic oxidation sites excluding steroid dienone is 1. The lowest BCUT2D eigenvalue weighted by atomic mass is 9.93. The summed E-state index contributed by atoms with van der Waals surface area (Å²) in [4.78, 5) is 18.5. The lowest BCUT2D eigenvalue weighted by Crippen LogP contribution is -2.31. The second-order valence-corrected chi connectivity index (χ2v) is 8.92. The molecule has 0 fully saturated rings. The van der Waals surface area contributed by atoms with Gasteiger partial charge in [0.05, 0.1) is 29.8 Å². The highest BCUT2D eigenvalue weighted by atomic mass is 19.3. The standard InChI is InChI=1S/C28H26F2N4O3/c1-15-9-11-19(16(2)13-15)32-26(35)24-17(3)31-28-33-20-7-5-6-8-21(20)34(28)25(24)18-10-12-22(37-27(29)30)23(14-18)36-4/h5-14,25,27H,1-4H3,(H,31,33)(H,32,35). The third kappa shape index (κ3) is 4.48. The van der Waals surface area contributed by atoms with Crippen LogP contribution in [0.3, 0.4) is 0 Å². The van der Waals surface area contributed by atoms with Gasteiger partial charge in [0, 0.05) is 11.4 Å². The van der Waals surface area contributed by atoms with Crippen molar-refractivity contribution in [2.45, 2.75) is 33.4 Å². The maximum absolute atomic E-state index is 13.8. The van der Waals surface area contributed by atoms with Gasteiger partial charge in [-0.05, 0) is 62.2 Å². The fourth-order valence-electron chi connectivity index (χ4n) is 4.76. The van der Waals surface area contributed by atoms with E-state index in [1.54, 1.807) is 12.1 Å². The Balaban J connectivity index is 1.66. The van der Waals surface area contributed by atoms with Crippen molar-refractivity contribution in [3.8, 4) is 11.5 Å². The molecule has 0 aliphatic carbocycles. The first kappa shape index (κ1) is 24.3. The van der Waals surface area contributed by atoms with E-state index in [0.717, 1.165) is 22.2 Å². The van der Waals surface area contributed by atoms with Gasteiger partial charge in [-0.2, -0.15) is 8.78 Å². The molecule has 1 atom stereocenters. The van der Waals surface area contributed by atoms with Crippen LogP contribution in [0.25, 0.3) is 11.0 Å². The number of nitrogens with zero attached hydrogens (tertiary/aromatic N) is 2. The van der Waals surface area contributed by atoms with Crippen LogP contribution in [0.2, 0.25) is 0 Å². The van der Waals surface area contributed by atoms with Crippen LogP contribution in [0.1, 0.15) is 29.7 Å². The number of alkyl halides is 2. The molecule has 2 heterocycles. The van der Waals surface area contributed by atoms with Gasteiger partial charge in [0.1, 0.15) is 0 Å². The van der Waals surface area contributed by atoms with Crippen LogP contribution in [0.4, 0.5) is 20.4 Å². The number of carbonyl (C=O) groups is 1. The second kappa shape index (κ2) is 9.57. The van der Waals surface area contributed by atoms with E-state index in [4.69, 9.17) is 9.72 Å². The van der Waals surface area contributed by atoms with Crippen molar-refractivity contribution in [2.24, 2.45) is 0 Å². The molecule has 0 saturated heterocycles. The maximum Gasteiger partial charge on any atom is 0.387 e. The molecule has 1 aliphatic heterocycles. The number of hydrogen-bond donors (Lipinski definition) is 2. The van der Waals surface area contributed by atoms with Crippen molar-refractivity contribution in [3.63, 3.8) is 0 Å². The molecule has 37 heavy (non-hydrogen) atoms. The molecule has 1 aromatic heterocycles. The number of nitrogens with one attached hydrogen (secondary N) is 2. The zero-order chi connectivity index (χ0) is 26.3. The van der Waals surface area contributed by atoms with Crippen molar-refractivity contribution in [3.05, 3.63) is 88.6 Å². The summed E-state index contributed by atoms with van der Waals surface area (Å²) in [5.74, 6) is 0.317. The molecule has 9 heteroatoms. The van der Waals surface area contributed by atoms with Crippen LogP contribution < -0.4 is 20.1 Å². The van der Waals surface area contributed by atoms with Crippen LogP contribution in [-0.2, 0) is 4.79 Å². The summed E-state index contributed by atoms with van der Waals surface area (Å²) in [6.07, 6.45) is 0. The lowest BCUT2D eigenvalue weighted by Gasteiger charge is -2.31. The number of aromatic nitrogens is 2. The number of fused-ring (bicyclic) bond motifs is 3. The summed E-state index contributed by atoms with van der Waals surface area (Å²) < 4.78 is 37.8. The minimum Gasteiger partial charge on any atom is -0.493 e. The number of hydrogen-bond acceptors (Lipinski definition) is 5. The van der Waals surface area contributed by atoms with Gasteiger partial charge in [0.2, 0.25) is 5.95 Å². The Morgan fingerprint density at radius 1 is 1.05 bits per heavy atom. The van der Waals surface area contributed by atoms with Crippen LogP contribution in [-0.4, -0.2) is 29.2 Å². The highest BCUT2D eigenvalue weighted by Crippen LogP contribution is 2.42. The molecule has 1 unspecified atom stereocenters. The topological polar surface area (TPSA) is 77.4 Å². The van der Waals surface area contributed by atoms with Crippen LogP contribution in [0, 0.1) is 13.8 Å². The molecular formula is C28H26F2N4O3. The summed E-state index contributed by atoms with van der Waals surface area (Å²) in [6.45, 7) is 2.75. The monoisotopic (exact) mass is 504 g/mol. The predicted molar refractivity (Wildman–Crippen MR) is 138 cm³/mol. The average Bonchev–Trinajstić information content (AvgIpc) is 3.22. The number of imidazole rings is 1. The van der Waals surface area contributed by atoms with E-state index in [1.807, 2.05) is 67.8 Å². The minimum absolute atomic E-state index is 0.0899. The van der Waals surface area contributed by atoms with E-state index in [0.29, 0.717) is 28.5 Å². The van der Waals surface area contributed by atoms with Gasteiger partial charge < -0.3 is 20.1 Å². The summed E-state index contributed by atoms with van der Waals surface area (Å²) in [6, 6.07) is 17.5. The van der Waals surface area contributed by atoms with E-state index >= 15 is 0 Å². The Labute approximate surface area is 212 Å². The lowest BCUT2D eigenvalue weighted by molar-refractivity contribution is -0.113. The highest BCUT2D eigenvalue weighted by Gasteiger charge is 2.35. The summed E-state index contributed by atoms with van der Waals surface area (Å²) in [7, 11) is 1.38. The van der Waals surface area contributed by atoms with E-state index in [2.05, 4.69) is 15.4 Å². The van der Waals surface area contributed by atoms with E-state index < -0.39 is 12.7 Å². The van der Waals surface area contributed by atoms with Crippen molar-refractivity contribution >= 4 is 28.6 Å². The van der Waals surface area contributed by atoms with Crippen LogP contribution in [0.5, 0.6) is 11.5 Å². The number of amides is 1. The Bertz CT molecular complexity index is 1540. The first-order valence-corrected chi connectivity index (χ1v) is 11.7. The average molecular weight is 505 g/mol. The molecule has 0 radical (unpaired) electrons. The van der Waals surface area contributed by atoms with Gasteiger partial charge in [-0.3, -0.25) is 9.36 Å². The fourth-order valence-corrected chi connectivity index (χ4v) is 4.76. The van der Waals surface area contributed by atoms with E-state index in [1.165, 1.54) is 13.2 Å². The Morgan fingerprint density at radius 3 is 2.57 bits per heavy atom. The molecule has 4 aromatic rings. The smallest absolute Gasteiger partial charge is 0.387 e. The minimum atomic E-state index is -3.00. The number of rotatable bonds is 6. The molecule has 7 nitrogen and oxygen atoms in total. The third-order valence-corrected chi connectivity index (χ3v) is 6.42. The van der Waals surface area contributed by atoms with Crippen molar-refractivity contribution in [2.75, 3.05) is 17.7 Å². The highest BCUT2D eigenvalue weighted by molar-refractivity contribution is 6.06. The Hall–Kier alpha value is -4.40. The number of ether oxygens (including phenoxy) is 2.